The van der Waals surface area contributed by atoms with Crippen molar-refractivity contribution in [1.82, 2.24) is 10.2 Å². The van der Waals surface area contributed by atoms with Crippen molar-refractivity contribution in [2.45, 2.75) is 39.2 Å². The fraction of sp³-hybridized carbons (Fsp3) is 0.625. The highest BCUT2D eigenvalue weighted by atomic mass is 19.1. The van der Waals surface area contributed by atoms with Crippen LogP contribution >= 0.6 is 0 Å². The third-order valence-electron chi connectivity index (χ3n) is 3.99. The molecule has 0 aromatic heterocycles. The number of halogens is 1. The Bertz CT molecular complexity index is 400. The largest absolute Gasteiger partial charge is 0.314 e. The van der Waals surface area contributed by atoms with Crippen molar-refractivity contribution in [1.29, 1.82) is 0 Å². The van der Waals surface area contributed by atoms with E-state index in [-0.39, 0.29) is 5.82 Å². The van der Waals surface area contributed by atoms with Crippen molar-refractivity contribution in [3.63, 3.8) is 0 Å². The molecule has 1 aromatic carbocycles. The Labute approximate surface area is 116 Å². The van der Waals surface area contributed by atoms with Crippen LogP contribution in [0.15, 0.2) is 18.2 Å². The zero-order valence-corrected chi connectivity index (χ0v) is 12.1. The average Bonchev–Trinajstić information content (AvgIpc) is 2.44. The molecule has 2 rings (SSSR count). The van der Waals surface area contributed by atoms with Gasteiger partial charge in [-0.05, 0) is 30.5 Å². The molecule has 1 N–H and O–H groups in total. The first kappa shape index (κ1) is 14.5. The molecule has 19 heavy (non-hydrogen) atoms. The van der Waals surface area contributed by atoms with Crippen molar-refractivity contribution in [3.8, 4) is 0 Å². The lowest BCUT2D eigenvalue weighted by atomic mass is 9.97. The number of nitrogens with zero attached hydrogens (tertiary/aromatic N) is 1. The van der Waals surface area contributed by atoms with E-state index in [0.717, 1.165) is 31.7 Å². The molecule has 3 heteroatoms. The third kappa shape index (κ3) is 3.77. The van der Waals surface area contributed by atoms with Crippen molar-refractivity contribution in [2.75, 3.05) is 26.2 Å². The summed E-state index contributed by atoms with van der Waals surface area (Å²) in [5.74, 6) is -0.0988. The number of unbranched alkanes of at least 4 members (excludes halogenated alkanes) is 1. The number of aryl methyl sites for hydroxylation is 1. The van der Waals surface area contributed by atoms with Gasteiger partial charge in [0.15, 0.2) is 0 Å². The van der Waals surface area contributed by atoms with E-state index >= 15 is 0 Å². The molecule has 1 heterocycles. The van der Waals surface area contributed by atoms with E-state index in [1.807, 2.05) is 19.1 Å². The summed E-state index contributed by atoms with van der Waals surface area (Å²) in [5.41, 5.74) is 2.03. The van der Waals surface area contributed by atoms with Gasteiger partial charge in [-0.25, -0.2) is 4.39 Å². The normalized spacial score (nSPS) is 18.5. The summed E-state index contributed by atoms with van der Waals surface area (Å²) in [6, 6.07) is 6.05. The first-order valence-electron chi connectivity index (χ1n) is 7.43. The van der Waals surface area contributed by atoms with Crippen LogP contribution in [0.1, 0.15) is 43.4 Å². The van der Waals surface area contributed by atoms with E-state index in [1.165, 1.54) is 24.8 Å². The van der Waals surface area contributed by atoms with Gasteiger partial charge in [0.05, 0.1) is 0 Å². The van der Waals surface area contributed by atoms with Crippen LogP contribution in [0, 0.1) is 12.7 Å². The van der Waals surface area contributed by atoms with Gasteiger partial charge in [-0.3, -0.25) is 4.90 Å². The maximum absolute atomic E-state index is 13.4. The lowest BCUT2D eigenvalue weighted by Gasteiger charge is -2.35. The molecule has 2 nitrogen and oxygen atoms in total. The SMILES string of the molecule is CCCC[C@H](c1ccc(F)c(C)c1)N1CCNCC1. The summed E-state index contributed by atoms with van der Waals surface area (Å²) in [6.45, 7) is 8.37. The maximum atomic E-state index is 13.4. The Hall–Kier alpha value is -0.930. The Balaban J connectivity index is 2.17. The number of nitrogens with one attached hydrogen (secondary N) is 1. The van der Waals surface area contributed by atoms with E-state index in [2.05, 4.69) is 17.1 Å². The molecule has 0 unspecified atom stereocenters. The van der Waals surface area contributed by atoms with Crippen LogP contribution in [0.3, 0.4) is 0 Å². The maximum Gasteiger partial charge on any atom is 0.126 e. The van der Waals surface area contributed by atoms with E-state index < -0.39 is 0 Å². The molecule has 1 saturated heterocycles. The topological polar surface area (TPSA) is 15.3 Å². The Morgan fingerprint density at radius 3 is 2.68 bits per heavy atom. The van der Waals surface area contributed by atoms with Crippen LogP contribution in [0.2, 0.25) is 0 Å². The molecule has 106 valence electrons. The molecule has 1 aromatic rings. The molecule has 0 spiro atoms. The summed E-state index contributed by atoms with van der Waals surface area (Å²) in [4.78, 5) is 2.54. The van der Waals surface area contributed by atoms with Gasteiger partial charge < -0.3 is 5.32 Å². The first-order chi connectivity index (χ1) is 9.22. The minimum atomic E-state index is -0.0988. The van der Waals surface area contributed by atoms with Crippen molar-refractivity contribution < 1.29 is 4.39 Å². The second-order valence-electron chi connectivity index (χ2n) is 5.45. The number of hydrogen-bond donors (Lipinski definition) is 1. The third-order valence-corrected chi connectivity index (χ3v) is 3.99. The van der Waals surface area contributed by atoms with Crippen molar-refractivity contribution in [2.24, 2.45) is 0 Å². The average molecular weight is 264 g/mol. The van der Waals surface area contributed by atoms with E-state index in [4.69, 9.17) is 0 Å². The van der Waals surface area contributed by atoms with Gasteiger partial charge in [-0.1, -0.05) is 31.9 Å². The predicted molar refractivity (Wildman–Crippen MR) is 77.8 cm³/mol. The molecule has 0 bridgehead atoms. The Morgan fingerprint density at radius 2 is 2.05 bits per heavy atom. The van der Waals surface area contributed by atoms with Gasteiger partial charge in [0.1, 0.15) is 5.82 Å². The molecule has 0 saturated carbocycles. The molecule has 1 aliphatic rings. The highest BCUT2D eigenvalue weighted by molar-refractivity contribution is 5.26. The van der Waals surface area contributed by atoms with E-state index in [9.17, 15) is 4.39 Å². The minimum absolute atomic E-state index is 0.0988. The number of piperazine rings is 1. The van der Waals surface area contributed by atoms with Gasteiger partial charge in [0.2, 0.25) is 0 Å². The molecule has 1 fully saturated rings. The second kappa shape index (κ2) is 7.01. The smallest absolute Gasteiger partial charge is 0.126 e. The van der Waals surface area contributed by atoms with Crippen LogP contribution in [0.5, 0.6) is 0 Å². The van der Waals surface area contributed by atoms with E-state index in [0.29, 0.717) is 6.04 Å². The Kier molecular flexibility index (Phi) is 5.34. The fourth-order valence-corrected chi connectivity index (χ4v) is 2.83. The number of hydrogen-bond acceptors (Lipinski definition) is 2. The molecule has 1 aliphatic heterocycles. The van der Waals surface area contributed by atoms with E-state index in [1.54, 1.807) is 6.07 Å². The molecule has 0 amide bonds. The van der Waals surface area contributed by atoms with Gasteiger partial charge in [0, 0.05) is 32.2 Å². The highest BCUT2D eigenvalue weighted by Gasteiger charge is 2.21. The lowest BCUT2D eigenvalue weighted by Crippen LogP contribution is -2.45. The fourth-order valence-electron chi connectivity index (χ4n) is 2.83. The molecular weight excluding hydrogens is 239 g/mol. The van der Waals surface area contributed by atoms with Crippen molar-refractivity contribution in [3.05, 3.63) is 35.1 Å². The van der Waals surface area contributed by atoms with Crippen LogP contribution in [0.4, 0.5) is 4.39 Å². The predicted octanol–water partition coefficient (Wildman–Crippen LogP) is 3.27. The highest BCUT2D eigenvalue weighted by Crippen LogP contribution is 2.28. The molecule has 0 radical (unpaired) electrons. The quantitative estimate of drug-likeness (QED) is 0.878. The van der Waals surface area contributed by atoms with Crippen LogP contribution in [0.25, 0.3) is 0 Å². The van der Waals surface area contributed by atoms with Gasteiger partial charge >= 0.3 is 0 Å². The minimum Gasteiger partial charge on any atom is -0.314 e. The summed E-state index contributed by atoms with van der Waals surface area (Å²) in [6.07, 6.45) is 3.61. The van der Waals surface area contributed by atoms with Gasteiger partial charge in [-0.2, -0.15) is 0 Å². The number of rotatable bonds is 5. The molecule has 0 aliphatic carbocycles. The molecule has 1 atom stereocenters. The van der Waals surface area contributed by atoms with Crippen LogP contribution in [-0.2, 0) is 0 Å². The van der Waals surface area contributed by atoms with Crippen LogP contribution < -0.4 is 5.32 Å². The number of benzene rings is 1. The van der Waals surface area contributed by atoms with Gasteiger partial charge in [0.25, 0.3) is 0 Å². The first-order valence-corrected chi connectivity index (χ1v) is 7.43. The van der Waals surface area contributed by atoms with Crippen LogP contribution in [-0.4, -0.2) is 31.1 Å². The molecular formula is C16H25FN2. The summed E-state index contributed by atoms with van der Waals surface area (Å²) < 4.78 is 13.4. The lowest BCUT2D eigenvalue weighted by molar-refractivity contribution is 0.163. The zero-order chi connectivity index (χ0) is 13.7. The second-order valence-corrected chi connectivity index (χ2v) is 5.45. The zero-order valence-electron chi connectivity index (χ0n) is 12.1. The standard InChI is InChI=1S/C16H25FN2/c1-3-4-5-16(19-10-8-18-9-11-19)14-6-7-15(17)13(2)12-14/h6-7,12,16,18H,3-5,8-11H2,1-2H3/t16-/m1/s1. The van der Waals surface area contributed by atoms with Gasteiger partial charge in [-0.15, -0.1) is 0 Å². The Morgan fingerprint density at radius 1 is 1.32 bits per heavy atom. The van der Waals surface area contributed by atoms with Crippen molar-refractivity contribution >= 4 is 0 Å². The summed E-state index contributed by atoms with van der Waals surface area (Å²) >= 11 is 0. The summed E-state index contributed by atoms with van der Waals surface area (Å²) in [7, 11) is 0. The monoisotopic (exact) mass is 264 g/mol. The summed E-state index contributed by atoms with van der Waals surface area (Å²) in [5, 5.41) is 3.40.